The molecule has 2 fully saturated rings. The normalized spacial score (nSPS) is 23.3. The number of carbonyl (C=O) groups excluding carboxylic acids is 1. The summed E-state index contributed by atoms with van der Waals surface area (Å²) in [6.45, 7) is 4.85. The summed E-state index contributed by atoms with van der Waals surface area (Å²) in [7, 11) is 0. The Labute approximate surface area is 177 Å². The van der Waals surface area contributed by atoms with E-state index in [0.717, 1.165) is 37.4 Å². The number of carboxylic acids is 1. The van der Waals surface area contributed by atoms with E-state index in [9.17, 15) is 9.59 Å². The van der Waals surface area contributed by atoms with E-state index in [1.165, 1.54) is 19.3 Å². The summed E-state index contributed by atoms with van der Waals surface area (Å²) in [5.74, 6) is 0.344. The molecular formula is C22H33N3O5. The van der Waals surface area contributed by atoms with Gasteiger partial charge in [-0.1, -0.05) is 25.0 Å². The number of hydrogen-bond donors (Lipinski definition) is 3. The van der Waals surface area contributed by atoms with Gasteiger partial charge in [0.05, 0.1) is 0 Å². The zero-order valence-electron chi connectivity index (χ0n) is 17.6. The number of nitrogens with zero attached hydrogens (tertiary/aromatic N) is 1. The molecule has 0 saturated carbocycles. The predicted molar refractivity (Wildman–Crippen MR) is 112 cm³/mol. The second-order valence-corrected chi connectivity index (χ2v) is 8.29. The Kier molecular flexibility index (Phi) is 7.93. The van der Waals surface area contributed by atoms with E-state index in [4.69, 9.17) is 20.3 Å². The van der Waals surface area contributed by atoms with Gasteiger partial charge in [-0.15, -0.1) is 0 Å². The van der Waals surface area contributed by atoms with Gasteiger partial charge in [-0.2, -0.15) is 0 Å². The van der Waals surface area contributed by atoms with Crippen molar-refractivity contribution in [2.45, 2.75) is 63.8 Å². The summed E-state index contributed by atoms with van der Waals surface area (Å²) in [5.41, 5.74) is 6.37. The molecule has 3 unspecified atom stereocenters. The lowest BCUT2D eigenvalue weighted by molar-refractivity contribution is -0.138. The van der Waals surface area contributed by atoms with Gasteiger partial charge in [0.1, 0.15) is 17.8 Å². The fourth-order valence-corrected chi connectivity index (χ4v) is 4.06. The van der Waals surface area contributed by atoms with Crippen LogP contribution in [0.1, 0.15) is 44.6 Å². The summed E-state index contributed by atoms with van der Waals surface area (Å²) in [6.07, 6.45) is 5.05. The Morgan fingerprint density at radius 2 is 2.00 bits per heavy atom. The van der Waals surface area contributed by atoms with E-state index in [2.05, 4.69) is 5.32 Å². The van der Waals surface area contributed by atoms with Gasteiger partial charge >= 0.3 is 12.1 Å². The van der Waals surface area contributed by atoms with Crippen molar-refractivity contribution in [3.63, 3.8) is 0 Å². The largest absolute Gasteiger partial charge is 0.480 e. The molecule has 8 heteroatoms. The van der Waals surface area contributed by atoms with Crippen LogP contribution < -0.4 is 15.8 Å². The highest BCUT2D eigenvalue weighted by molar-refractivity contribution is 5.73. The second kappa shape index (κ2) is 10.6. The molecule has 0 aliphatic carbocycles. The number of nitrogens with one attached hydrogen (secondary N) is 1. The third kappa shape index (κ3) is 6.09. The fraction of sp³-hybridized carbons (Fsp3) is 0.636. The van der Waals surface area contributed by atoms with Crippen LogP contribution >= 0.6 is 0 Å². The molecule has 8 nitrogen and oxygen atoms in total. The molecule has 1 aromatic rings. The summed E-state index contributed by atoms with van der Waals surface area (Å²) < 4.78 is 11.3. The van der Waals surface area contributed by atoms with Gasteiger partial charge in [0.25, 0.3) is 6.29 Å². The number of amides is 1. The van der Waals surface area contributed by atoms with Crippen molar-refractivity contribution in [2.75, 3.05) is 19.6 Å². The first-order chi connectivity index (χ1) is 14.4. The number of ether oxygens (including phenoxy) is 2. The van der Waals surface area contributed by atoms with E-state index < -0.39 is 18.3 Å². The van der Waals surface area contributed by atoms with Crippen LogP contribution in [-0.2, 0) is 16.0 Å². The minimum absolute atomic E-state index is 0.170. The minimum Gasteiger partial charge on any atom is -0.480 e. The molecule has 2 aliphatic heterocycles. The van der Waals surface area contributed by atoms with Crippen molar-refractivity contribution in [3.05, 3.63) is 29.8 Å². The molecule has 1 aromatic carbocycles. The number of carboxylic acid groups (broad SMARTS) is 1. The van der Waals surface area contributed by atoms with Gasteiger partial charge in [-0.05, 0) is 69.3 Å². The molecule has 0 spiro atoms. The smallest absolute Gasteiger partial charge is 0.413 e. The maximum atomic E-state index is 12.3. The number of carbonyl (C=O) groups is 2. The molecule has 3 atom stereocenters. The molecule has 30 heavy (non-hydrogen) atoms. The lowest BCUT2D eigenvalue weighted by Gasteiger charge is -2.23. The van der Waals surface area contributed by atoms with E-state index in [1.807, 2.05) is 6.92 Å². The van der Waals surface area contributed by atoms with Gasteiger partial charge < -0.3 is 25.6 Å². The molecule has 0 aromatic heterocycles. The molecule has 1 amide bonds. The van der Waals surface area contributed by atoms with E-state index in [1.54, 1.807) is 29.2 Å². The van der Waals surface area contributed by atoms with E-state index in [-0.39, 0.29) is 18.6 Å². The molecule has 2 saturated heterocycles. The van der Waals surface area contributed by atoms with Crippen LogP contribution in [0.25, 0.3) is 0 Å². The van der Waals surface area contributed by atoms with Crippen LogP contribution in [0.4, 0.5) is 4.79 Å². The molecule has 0 radical (unpaired) electrons. The predicted octanol–water partition coefficient (Wildman–Crippen LogP) is 2.36. The molecule has 0 bridgehead atoms. The average molecular weight is 420 g/mol. The van der Waals surface area contributed by atoms with Crippen LogP contribution in [0.5, 0.6) is 5.75 Å². The maximum Gasteiger partial charge on any atom is 0.413 e. The van der Waals surface area contributed by atoms with Crippen LogP contribution in [0.2, 0.25) is 0 Å². The third-order valence-corrected chi connectivity index (χ3v) is 6.01. The standard InChI is InChI=1S/C22H33N3O5/c1-15-21(29-18-7-5-17(6-8-18)14-19(23)20(26)27)30-22(28)25(15)13-3-2-4-16-9-11-24-12-10-16/h5-8,15-16,19,21,24H,2-4,9-14,23H2,1H3,(H,26,27). The van der Waals surface area contributed by atoms with E-state index in [0.29, 0.717) is 12.3 Å². The van der Waals surface area contributed by atoms with Crippen LogP contribution in [-0.4, -0.2) is 60.1 Å². The van der Waals surface area contributed by atoms with Crippen molar-refractivity contribution in [2.24, 2.45) is 11.7 Å². The van der Waals surface area contributed by atoms with Gasteiger partial charge in [-0.25, -0.2) is 4.79 Å². The lowest BCUT2D eigenvalue weighted by atomic mass is 9.92. The second-order valence-electron chi connectivity index (χ2n) is 8.29. The number of aliphatic carboxylic acids is 1. The number of unbranched alkanes of at least 4 members (excludes halogenated alkanes) is 1. The van der Waals surface area contributed by atoms with Gasteiger partial charge in [-0.3, -0.25) is 9.69 Å². The topological polar surface area (TPSA) is 114 Å². The van der Waals surface area contributed by atoms with Crippen molar-refractivity contribution in [1.29, 1.82) is 0 Å². The molecule has 2 heterocycles. The third-order valence-electron chi connectivity index (χ3n) is 6.01. The first kappa shape index (κ1) is 22.4. The quantitative estimate of drug-likeness (QED) is 0.499. The number of rotatable bonds is 10. The average Bonchev–Trinajstić information content (AvgIpc) is 3.00. The summed E-state index contributed by atoms with van der Waals surface area (Å²) in [6, 6.07) is 5.93. The number of hydrogen-bond acceptors (Lipinski definition) is 6. The number of cyclic esters (lactones) is 1. The summed E-state index contributed by atoms with van der Waals surface area (Å²) >= 11 is 0. The van der Waals surface area contributed by atoms with Crippen molar-refractivity contribution in [1.82, 2.24) is 10.2 Å². The Morgan fingerprint density at radius 3 is 2.67 bits per heavy atom. The highest BCUT2D eigenvalue weighted by Crippen LogP contribution is 2.25. The zero-order chi connectivity index (χ0) is 21.5. The molecular weight excluding hydrogens is 386 g/mol. The van der Waals surface area contributed by atoms with Gasteiger partial charge in [0.2, 0.25) is 0 Å². The van der Waals surface area contributed by atoms with Crippen molar-refractivity contribution < 1.29 is 24.2 Å². The zero-order valence-corrected chi connectivity index (χ0v) is 17.6. The van der Waals surface area contributed by atoms with Crippen LogP contribution in [0, 0.1) is 5.92 Å². The van der Waals surface area contributed by atoms with E-state index >= 15 is 0 Å². The molecule has 2 aliphatic rings. The maximum absolute atomic E-state index is 12.3. The number of nitrogens with two attached hydrogens (primary N) is 1. The van der Waals surface area contributed by atoms with Crippen molar-refractivity contribution >= 4 is 12.1 Å². The Hall–Kier alpha value is -2.32. The molecule has 166 valence electrons. The summed E-state index contributed by atoms with van der Waals surface area (Å²) in [5, 5.41) is 12.3. The minimum atomic E-state index is -1.03. The molecule has 3 rings (SSSR count). The fourth-order valence-electron chi connectivity index (χ4n) is 4.06. The van der Waals surface area contributed by atoms with Crippen molar-refractivity contribution in [3.8, 4) is 5.75 Å². The van der Waals surface area contributed by atoms with Crippen LogP contribution in [0.15, 0.2) is 24.3 Å². The number of benzene rings is 1. The Balaban J connectivity index is 1.43. The number of piperidine rings is 1. The highest BCUT2D eigenvalue weighted by Gasteiger charge is 2.40. The SMILES string of the molecule is CC1C(Oc2ccc(CC(N)C(=O)O)cc2)OC(=O)N1CCCCC1CCNCC1. The van der Waals surface area contributed by atoms with Gasteiger partial charge in [0, 0.05) is 6.54 Å². The Morgan fingerprint density at radius 1 is 1.30 bits per heavy atom. The lowest BCUT2D eigenvalue weighted by Crippen LogP contribution is -2.37. The van der Waals surface area contributed by atoms with Gasteiger partial charge in [0.15, 0.2) is 0 Å². The first-order valence-electron chi connectivity index (χ1n) is 10.9. The molecule has 4 N–H and O–H groups in total. The summed E-state index contributed by atoms with van der Waals surface area (Å²) in [4.78, 5) is 24.9. The monoisotopic (exact) mass is 419 g/mol. The van der Waals surface area contributed by atoms with Crippen LogP contribution in [0.3, 0.4) is 0 Å². The Bertz CT molecular complexity index is 705. The first-order valence-corrected chi connectivity index (χ1v) is 10.9. The highest BCUT2D eigenvalue weighted by atomic mass is 16.7.